The van der Waals surface area contributed by atoms with Gasteiger partial charge in [0.05, 0.1) is 18.8 Å². The van der Waals surface area contributed by atoms with Crippen LogP contribution in [0.2, 0.25) is 0 Å². The fraction of sp³-hybridized carbons (Fsp3) is 0.500. The Hall–Kier alpha value is -1.75. The summed E-state index contributed by atoms with van der Waals surface area (Å²) in [5.41, 5.74) is 6.60. The van der Waals surface area contributed by atoms with Crippen molar-refractivity contribution in [2.45, 2.75) is 20.3 Å². The molecule has 0 amide bonds. The fourth-order valence-corrected chi connectivity index (χ4v) is 1.54. The number of rotatable bonds is 8. The van der Waals surface area contributed by atoms with E-state index >= 15 is 0 Å². The maximum atomic E-state index is 11.8. The van der Waals surface area contributed by atoms with Crippen molar-refractivity contribution in [3.05, 3.63) is 23.8 Å². The lowest BCUT2D eigenvalue weighted by molar-refractivity contribution is 0.0452. The van der Waals surface area contributed by atoms with Crippen LogP contribution >= 0.6 is 0 Å². The number of ether oxygens (including phenoxy) is 3. The van der Waals surface area contributed by atoms with Gasteiger partial charge < -0.3 is 19.9 Å². The van der Waals surface area contributed by atoms with E-state index in [1.807, 2.05) is 13.8 Å². The van der Waals surface area contributed by atoms with Crippen molar-refractivity contribution in [2.75, 3.05) is 32.2 Å². The molecule has 1 aromatic rings. The molecule has 5 heteroatoms. The molecule has 0 bridgehead atoms. The first-order valence-electron chi connectivity index (χ1n) is 6.45. The summed E-state index contributed by atoms with van der Waals surface area (Å²) in [6.45, 7) is 5.90. The Bertz CT molecular complexity index is 406. The largest absolute Gasteiger partial charge is 0.494 e. The number of hydrogen-bond donors (Lipinski definition) is 1. The van der Waals surface area contributed by atoms with Gasteiger partial charge in [0.15, 0.2) is 0 Å². The topological polar surface area (TPSA) is 70.8 Å². The lowest BCUT2D eigenvalue weighted by Crippen LogP contribution is -2.09. The first kappa shape index (κ1) is 15.3. The Kier molecular flexibility index (Phi) is 6.74. The van der Waals surface area contributed by atoms with Crippen LogP contribution in [0.4, 0.5) is 5.69 Å². The average Bonchev–Trinajstić information content (AvgIpc) is 2.38. The van der Waals surface area contributed by atoms with E-state index in [0.717, 1.165) is 0 Å². The van der Waals surface area contributed by atoms with Gasteiger partial charge in [0, 0.05) is 31.4 Å². The minimum absolute atomic E-state index is 0.331. The molecule has 0 aliphatic carbocycles. The third kappa shape index (κ3) is 5.61. The number of benzene rings is 1. The molecule has 1 aromatic carbocycles. The van der Waals surface area contributed by atoms with Crippen molar-refractivity contribution >= 4 is 11.7 Å². The first-order valence-corrected chi connectivity index (χ1v) is 6.45. The molecule has 0 spiro atoms. The van der Waals surface area contributed by atoms with E-state index in [4.69, 9.17) is 19.9 Å². The third-order valence-electron chi connectivity index (χ3n) is 2.35. The van der Waals surface area contributed by atoms with Gasteiger partial charge in [0.2, 0.25) is 0 Å². The van der Waals surface area contributed by atoms with Gasteiger partial charge in [-0.2, -0.15) is 0 Å². The molecule has 0 saturated carbocycles. The van der Waals surface area contributed by atoms with Crippen LogP contribution in [0.15, 0.2) is 18.2 Å². The molecule has 0 unspecified atom stereocenters. The second-order valence-electron chi connectivity index (χ2n) is 3.91. The Morgan fingerprint density at radius 1 is 1.16 bits per heavy atom. The molecule has 0 aliphatic rings. The van der Waals surface area contributed by atoms with Crippen LogP contribution in [-0.4, -0.2) is 32.4 Å². The average molecular weight is 267 g/mol. The Morgan fingerprint density at radius 2 is 1.95 bits per heavy atom. The van der Waals surface area contributed by atoms with Crippen LogP contribution in [0.25, 0.3) is 0 Å². The zero-order valence-corrected chi connectivity index (χ0v) is 11.5. The van der Waals surface area contributed by atoms with E-state index in [9.17, 15) is 4.79 Å². The number of anilines is 1. The Balaban J connectivity index is 2.51. The van der Waals surface area contributed by atoms with E-state index in [0.29, 0.717) is 49.8 Å². The highest BCUT2D eigenvalue weighted by molar-refractivity contribution is 5.91. The van der Waals surface area contributed by atoms with Crippen LogP contribution in [0.1, 0.15) is 30.6 Å². The van der Waals surface area contributed by atoms with E-state index in [1.165, 1.54) is 0 Å². The van der Waals surface area contributed by atoms with Crippen molar-refractivity contribution in [3.8, 4) is 5.75 Å². The van der Waals surface area contributed by atoms with Crippen molar-refractivity contribution in [2.24, 2.45) is 0 Å². The molecule has 2 N–H and O–H groups in total. The van der Waals surface area contributed by atoms with Crippen LogP contribution in [0, 0.1) is 0 Å². The molecule has 5 nitrogen and oxygen atoms in total. The highest BCUT2D eigenvalue weighted by Crippen LogP contribution is 2.19. The second kappa shape index (κ2) is 8.37. The number of carbonyl (C=O) groups excluding carboxylic acids is 1. The molecule has 19 heavy (non-hydrogen) atoms. The first-order chi connectivity index (χ1) is 9.17. The summed E-state index contributed by atoms with van der Waals surface area (Å²) in [4.78, 5) is 11.8. The van der Waals surface area contributed by atoms with Crippen molar-refractivity contribution in [1.82, 2.24) is 0 Å². The highest BCUT2D eigenvalue weighted by atomic mass is 16.5. The van der Waals surface area contributed by atoms with E-state index in [2.05, 4.69) is 0 Å². The molecule has 0 aromatic heterocycles. The van der Waals surface area contributed by atoms with Crippen LogP contribution in [0.3, 0.4) is 0 Å². The zero-order valence-electron chi connectivity index (χ0n) is 11.5. The molecule has 0 saturated heterocycles. The van der Waals surface area contributed by atoms with E-state index < -0.39 is 5.97 Å². The molecule has 106 valence electrons. The highest BCUT2D eigenvalue weighted by Gasteiger charge is 2.09. The quantitative estimate of drug-likeness (QED) is 0.444. The standard InChI is InChI=1S/C14H21NO4/c1-3-17-6-5-7-19-14(16)11-8-12(15)10-13(9-11)18-4-2/h8-10H,3-7,15H2,1-2H3. The van der Waals surface area contributed by atoms with E-state index in [1.54, 1.807) is 18.2 Å². The summed E-state index contributed by atoms with van der Waals surface area (Å²) in [5.74, 6) is 0.175. The monoisotopic (exact) mass is 267 g/mol. The molecule has 0 fully saturated rings. The van der Waals surface area contributed by atoms with Crippen LogP contribution in [-0.2, 0) is 9.47 Å². The van der Waals surface area contributed by atoms with E-state index in [-0.39, 0.29) is 0 Å². The number of nitrogens with two attached hydrogens (primary N) is 1. The maximum absolute atomic E-state index is 11.8. The van der Waals surface area contributed by atoms with Gasteiger partial charge in [0.25, 0.3) is 0 Å². The van der Waals surface area contributed by atoms with Crippen molar-refractivity contribution < 1.29 is 19.0 Å². The Morgan fingerprint density at radius 3 is 2.63 bits per heavy atom. The van der Waals surface area contributed by atoms with Gasteiger partial charge in [-0.25, -0.2) is 4.79 Å². The van der Waals surface area contributed by atoms with Gasteiger partial charge in [-0.3, -0.25) is 0 Å². The van der Waals surface area contributed by atoms with Crippen molar-refractivity contribution in [3.63, 3.8) is 0 Å². The van der Waals surface area contributed by atoms with Crippen LogP contribution < -0.4 is 10.5 Å². The predicted molar refractivity (Wildman–Crippen MR) is 73.4 cm³/mol. The Labute approximate surface area is 113 Å². The van der Waals surface area contributed by atoms with Gasteiger partial charge in [-0.05, 0) is 26.0 Å². The molecule has 0 atom stereocenters. The van der Waals surface area contributed by atoms with Gasteiger partial charge in [-0.15, -0.1) is 0 Å². The number of esters is 1. The number of carbonyl (C=O) groups is 1. The summed E-state index contributed by atoms with van der Waals surface area (Å²) in [5, 5.41) is 0. The lowest BCUT2D eigenvalue weighted by Gasteiger charge is -2.08. The molecular formula is C14H21NO4. The smallest absolute Gasteiger partial charge is 0.338 e. The second-order valence-corrected chi connectivity index (χ2v) is 3.91. The minimum Gasteiger partial charge on any atom is -0.494 e. The summed E-state index contributed by atoms with van der Waals surface area (Å²) in [7, 11) is 0. The van der Waals surface area contributed by atoms with Gasteiger partial charge in [-0.1, -0.05) is 0 Å². The minimum atomic E-state index is -0.398. The molecule has 0 heterocycles. The summed E-state index contributed by atoms with van der Waals surface area (Å²) >= 11 is 0. The summed E-state index contributed by atoms with van der Waals surface area (Å²) in [6, 6.07) is 4.88. The van der Waals surface area contributed by atoms with Crippen molar-refractivity contribution in [1.29, 1.82) is 0 Å². The molecule has 0 aliphatic heterocycles. The summed E-state index contributed by atoms with van der Waals surface area (Å²) < 4.78 is 15.6. The van der Waals surface area contributed by atoms with Crippen LogP contribution in [0.5, 0.6) is 5.75 Å². The summed E-state index contributed by atoms with van der Waals surface area (Å²) in [6.07, 6.45) is 0.681. The maximum Gasteiger partial charge on any atom is 0.338 e. The van der Waals surface area contributed by atoms with Gasteiger partial charge in [0.1, 0.15) is 5.75 Å². The third-order valence-corrected chi connectivity index (χ3v) is 2.35. The number of hydrogen-bond acceptors (Lipinski definition) is 5. The molecule has 0 radical (unpaired) electrons. The SMILES string of the molecule is CCOCCCOC(=O)c1cc(N)cc(OCC)c1. The number of nitrogen functional groups attached to an aromatic ring is 1. The van der Waals surface area contributed by atoms with Gasteiger partial charge >= 0.3 is 5.97 Å². The molecule has 1 rings (SSSR count). The molecular weight excluding hydrogens is 246 g/mol. The normalized spacial score (nSPS) is 10.2. The predicted octanol–water partition coefficient (Wildman–Crippen LogP) is 2.25. The fourth-order valence-electron chi connectivity index (χ4n) is 1.54. The zero-order chi connectivity index (χ0) is 14.1. The lowest BCUT2D eigenvalue weighted by atomic mass is 10.2.